The molecule has 0 spiro atoms. The van der Waals surface area contributed by atoms with Crippen LogP contribution in [0.15, 0.2) is 18.2 Å². The van der Waals surface area contributed by atoms with Crippen molar-refractivity contribution in [2.24, 2.45) is 0 Å². The van der Waals surface area contributed by atoms with Gasteiger partial charge in [0, 0.05) is 12.7 Å². The Labute approximate surface area is 141 Å². The molecule has 1 amide bonds. The molecule has 1 saturated heterocycles. The molecule has 6 heteroatoms. The monoisotopic (exact) mass is 337 g/mol. The Morgan fingerprint density at radius 2 is 2.08 bits per heavy atom. The first-order valence-electron chi connectivity index (χ1n) is 8.66. The molecule has 5 nitrogen and oxygen atoms in total. The van der Waals surface area contributed by atoms with Gasteiger partial charge in [0.15, 0.2) is 0 Å². The molecule has 1 heterocycles. The molecule has 2 fully saturated rings. The molecule has 3 rings (SSSR count). The molecule has 1 aromatic carbocycles. The fourth-order valence-electron chi connectivity index (χ4n) is 3.12. The number of carbonyl (C=O) groups is 1. The van der Waals surface area contributed by atoms with Crippen molar-refractivity contribution in [2.75, 3.05) is 25.1 Å². The number of hydrogen-bond donors (Lipinski definition) is 1. The van der Waals surface area contributed by atoms with Crippen LogP contribution in [0.5, 0.6) is 5.75 Å². The Bertz CT molecular complexity index is 554. The summed E-state index contributed by atoms with van der Waals surface area (Å²) in [6.07, 6.45) is 6.51. The standard InChI is InChI=1S/C18H24FNO4/c19-13-7-8-17(24-11-15-6-3-9-22-15)16(10-13)20-18(21)12-23-14-4-1-2-5-14/h7-8,10,14-15H,1-6,9,11-12H2,(H,20,21)/t15-/m1/s1. The van der Waals surface area contributed by atoms with Gasteiger partial charge in [0.25, 0.3) is 0 Å². The van der Waals surface area contributed by atoms with Crippen LogP contribution < -0.4 is 10.1 Å². The molecule has 132 valence electrons. The van der Waals surface area contributed by atoms with Crippen molar-refractivity contribution in [1.82, 2.24) is 0 Å². The van der Waals surface area contributed by atoms with Crippen LogP contribution in [0.4, 0.5) is 10.1 Å². The Balaban J connectivity index is 1.54. The van der Waals surface area contributed by atoms with Crippen LogP contribution in [0.3, 0.4) is 0 Å². The first kappa shape index (κ1) is 17.2. The number of halogens is 1. The largest absolute Gasteiger partial charge is 0.489 e. The van der Waals surface area contributed by atoms with Crippen LogP contribution in [0.2, 0.25) is 0 Å². The summed E-state index contributed by atoms with van der Waals surface area (Å²) in [6, 6.07) is 4.10. The van der Waals surface area contributed by atoms with Gasteiger partial charge in [-0.15, -0.1) is 0 Å². The zero-order valence-electron chi connectivity index (χ0n) is 13.8. The lowest BCUT2D eigenvalue weighted by atomic mass is 10.2. The summed E-state index contributed by atoms with van der Waals surface area (Å²) in [7, 11) is 0. The molecule has 2 aliphatic rings. The maximum absolute atomic E-state index is 13.5. The lowest BCUT2D eigenvalue weighted by Crippen LogP contribution is -2.23. The number of anilines is 1. The first-order chi connectivity index (χ1) is 11.7. The molecule has 0 unspecified atom stereocenters. The fourth-order valence-corrected chi connectivity index (χ4v) is 3.12. The molecule has 1 aromatic rings. The van der Waals surface area contributed by atoms with Crippen LogP contribution >= 0.6 is 0 Å². The van der Waals surface area contributed by atoms with Crippen LogP contribution in [0.25, 0.3) is 0 Å². The van der Waals surface area contributed by atoms with Crippen molar-refractivity contribution < 1.29 is 23.4 Å². The van der Waals surface area contributed by atoms with E-state index < -0.39 is 5.82 Å². The molecule has 0 radical (unpaired) electrons. The molecule has 1 aliphatic heterocycles. The highest BCUT2D eigenvalue weighted by molar-refractivity contribution is 5.93. The number of nitrogens with one attached hydrogen (secondary N) is 1. The molecule has 1 aliphatic carbocycles. The number of carbonyl (C=O) groups excluding carboxylic acids is 1. The zero-order chi connectivity index (χ0) is 16.8. The van der Waals surface area contributed by atoms with E-state index in [0.29, 0.717) is 18.0 Å². The average Bonchev–Trinajstić information content (AvgIpc) is 3.26. The second kappa shape index (κ2) is 8.44. The van der Waals surface area contributed by atoms with E-state index in [9.17, 15) is 9.18 Å². The minimum atomic E-state index is -0.425. The predicted molar refractivity (Wildman–Crippen MR) is 87.7 cm³/mol. The first-order valence-corrected chi connectivity index (χ1v) is 8.66. The van der Waals surface area contributed by atoms with Crippen LogP contribution in [0, 0.1) is 5.82 Å². The number of benzene rings is 1. The summed E-state index contributed by atoms with van der Waals surface area (Å²) in [5.74, 6) is -0.276. The molecular weight excluding hydrogens is 313 g/mol. The predicted octanol–water partition coefficient (Wildman–Crippen LogP) is 3.28. The van der Waals surface area contributed by atoms with Gasteiger partial charge in [-0.05, 0) is 37.8 Å². The molecular formula is C18H24FNO4. The van der Waals surface area contributed by atoms with Gasteiger partial charge in [-0.2, -0.15) is 0 Å². The van der Waals surface area contributed by atoms with E-state index in [1.54, 1.807) is 0 Å². The summed E-state index contributed by atoms with van der Waals surface area (Å²) >= 11 is 0. The van der Waals surface area contributed by atoms with Gasteiger partial charge < -0.3 is 19.5 Å². The Hall–Kier alpha value is -1.66. The number of amides is 1. The second-order valence-electron chi connectivity index (χ2n) is 6.35. The van der Waals surface area contributed by atoms with Gasteiger partial charge in [-0.25, -0.2) is 4.39 Å². The smallest absolute Gasteiger partial charge is 0.250 e. The van der Waals surface area contributed by atoms with Crippen LogP contribution in [-0.2, 0) is 14.3 Å². The summed E-state index contributed by atoms with van der Waals surface area (Å²) in [5.41, 5.74) is 0.327. The van der Waals surface area contributed by atoms with Crippen molar-refractivity contribution in [3.8, 4) is 5.75 Å². The van der Waals surface area contributed by atoms with E-state index in [4.69, 9.17) is 14.2 Å². The van der Waals surface area contributed by atoms with Gasteiger partial charge in [0.1, 0.15) is 24.8 Å². The minimum absolute atomic E-state index is 0.0215. The SMILES string of the molecule is O=C(COC1CCCC1)Nc1cc(F)ccc1OC[C@H]1CCCO1. The quantitative estimate of drug-likeness (QED) is 0.829. The Kier molecular flexibility index (Phi) is 6.04. The van der Waals surface area contributed by atoms with Crippen LogP contribution in [0.1, 0.15) is 38.5 Å². The van der Waals surface area contributed by atoms with Gasteiger partial charge in [0.2, 0.25) is 5.91 Å². The third-order valence-electron chi connectivity index (χ3n) is 4.42. The van der Waals surface area contributed by atoms with Crippen molar-refractivity contribution in [1.29, 1.82) is 0 Å². The molecule has 1 saturated carbocycles. The maximum atomic E-state index is 13.5. The third-order valence-corrected chi connectivity index (χ3v) is 4.42. The average molecular weight is 337 g/mol. The number of hydrogen-bond acceptors (Lipinski definition) is 4. The van der Waals surface area contributed by atoms with Crippen molar-refractivity contribution in [3.63, 3.8) is 0 Å². The highest BCUT2D eigenvalue weighted by atomic mass is 19.1. The topological polar surface area (TPSA) is 56.8 Å². The summed E-state index contributed by atoms with van der Waals surface area (Å²) in [5, 5.41) is 2.68. The molecule has 24 heavy (non-hydrogen) atoms. The fraction of sp³-hybridized carbons (Fsp3) is 0.611. The van der Waals surface area contributed by atoms with Gasteiger partial charge in [-0.1, -0.05) is 12.8 Å². The van der Waals surface area contributed by atoms with Gasteiger partial charge in [-0.3, -0.25) is 4.79 Å². The Morgan fingerprint density at radius 3 is 2.83 bits per heavy atom. The van der Waals surface area contributed by atoms with E-state index in [1.165, 1.54) is 18.2 Å². The second-order valence-corrected chi connectivity index (χ2v) is 6.35. The van der Waals surface area contributed by atoms with E-state index in [1.807, 2.05) is 0 Å². The third kappa shape index (κ3) is 4.92. The normalized spacial score (nSPS) is 21.1. The van der Waals surface area contributed by atoms with Gasteiger partial charge >= 0.3 is 0 Å². The van der Waals surface area contributed by atoms with E-state index in [2.05, 4.69) is 5.32 Å². The van der Waals surface area contributed by atoms with Crippen molar-refractivity contribution >= 4 is 11.6 Å². The molecule has 1 N–H and O–H groups in total. The lowest BCUT2D eigenvalue weighted by Gasteiger charge is -2.16. The van der Waals surface area contributed by atoms with E-state index in [-0.39, 0.29) is 24.7 Å². The number of rotatable bonds is 7. The summed E-state index contributed by atoms with van der Waals surface area (Å²) in [6.45, 7) is 1.12. The lowest BCUT2D eigenvalue weighted by molar-refractivity contribution is -0.122. The van der Waals surface area contributed by atoms with Gasteiger partial charge in [0.05, 0.1) is 17.9 Å². The van der Waals surface area contributed by atoms with Crippen molar-refractivity contribution in [3.05, 3.63) is 24.0 Å². The molecule has 0 aromatic heterocycles. The van der Waals surface area contributed by atoms with Crippen LogP contribution in [-0.4, -0.2) is 37.9 Å². The summed E-state index contributed by atoms with van der Waals surface area (Å²) in [4.78, 5) is 12.1. The zero-order valence-corrected chi connectivity index (χ0v) is 13.8. The Morgan fingerprint density at radius 1 is 1.25 bits per heavy atom. The molecule has 0 bridgehead atoms. The number of ether oxygens (including phenoxy) is 3. The van der Waals surface area contributed by atoms with Crippen molar-refractivity contribution in [2.45, 2.75) is 50.7 Å². The van der Waals surface area contributed by atoms with E-state index in [0.717, 1.165) is 45.1 Å². The highest BCUT2D eigenvalue weighted by Gasteiger charge is 2.19. The maximum Gasteiger partial charge on any atom is 0.250 e. The summed E-state index contributed by atoms with van der Waals surface area (Å²) < 4.78 is 30.3. The minimum Gasteiger partial charge on any atom is -0.489 e. The molecule has 1 atom stereocenters. The van der Waals surface area contributed by atoms with E-state index >= 15 is 0 Å². The highest BCUT2D eigenvalue weighted by Crippen LogP contribution is 2.27.